The van der Waals surface area contributed by atoms with Crippen molar-refractivity contribution < 1.29 is 9.21 Å². The molecule has 4 heteroatoms. The van der Waals surface area contributed by atoms with Crippen molar-refractivity contribution in [2.75, 3.05) is 5.73 Å². The third-order valence-corrected chi connectivity index (χ3v) is 2.39. The summed E-state index contributed by atoms with van der Waals surface area (Å²) in [6, 6.07) is 10.9. The van der Waals surface area contributed by atoms with Crippen LogP contribution in [0, 0.1) is 0 Å². The molecule has 0 fully saturated rings. The number of furan rings is 1. The third-order valence-electron chi connectivity index (χ3n) is 2.39. The summed E-state index contributed by atoms with van der Waals surface area (Å²) in [5.41, 5.74) is 7.29. The van der Waals surface area contributed by atoms with Crippen LogP contribution in [0.2, 0.25) is 0 Å². The van der Waals surface area contributed by atoms with Gasteiger partial charge in [-0.25, -0.2) is 0 Å². The van der Waals surface area contributed by atoms with Gasteiger partial charge < -0.3 is 15.5 Å². The number of amides is 1. The van der Waals surface area contributed by atoms with E-state index in [4.69, 9.17) is 10.2 Å². The molecule has 0 spiro atoms. The smallest absolute Gasteiger partial charge is 0.244 e. The van der Waals surface area contributed by atoms with Crippen molar-refractivity contribution in [2.45, 2.75) is 6.54 Å². The minimum Gasteiger partial charge on any atom is -0.465 e. The molecule has 1 heterocycles. The molecule has 0 aliphatic heterocycles. The van der Waals surface area contributed by atoms with E-state index in [1.807, 2.05) is 12.1 Å². The van der Waals surface area contributed by atoms with E-state index in [-0.39, 0.29) is 5.91 Å². The second-order valence-electron chi connectivity index (χ2n) is 3.81. The van der Waals surface area contributed by atoms with Crippen LogP contribution in [-0.4, -0.2) is 5.91 Å². The number of benzene rings is 1. The quantitative estimate of drug-likeness (QED) is 0.638. The van der Waals surface area contributed by atoms with Crippen LogP contribution in [0.3, 0.4) is 0 Å². The number of rotatable bonds is 4. The number of carbonyl (C=O) groups is 1. The fourth-order valence-corrected chi connectivity index (χ4v) is 1.43. The van der Waals surface area contributed by atoms with Crippen LogP contribution < -0.4 is 11.1 Å². The van der Waals surface area contributed by atoms with Crippen LogP contribution in [0.25, 0.3) is 6.08 Å². The van der Waals surface area contributed by atoms with E-state index in [1.54, 1.807) is 36.6 Å². The van der Waals surface area contributed by atoms with Gasteiger partial charge in [0.1, 0.15) is 5.76 Å². The van der Waals surface area contributed by atoms with Gasteiger partial charge in [0.15, 0.2) is 0 Å². The number of carbonyl (C=O) groups excluding carboxylic acids is 1. The van der Waals surface area contributed by atoms with Crippen molar-refractivity contribution in [1.29, 1.82) is 0 Å². The molecule has 4 nitrogen and oxygen atoms in total. The Morgan fingerprint density at radius 3 is 2.72 bits per heavy atom. The van der Waals surface area contributed by atoms with E-state index in [2.05, 4.69) is 5.32 Å². The SMILES string of the molecule is Nc1ccc(CNC(=O)/C=C/c2ccco2)cc1. The van der Waals surface area contributed by atoms with Crippen molar-refractivity contribution in [1.82, 2.24) is 5.32 Å². The predicted molar refractivity (Wildman–Crippen MR) is 70.4 cm³/mol. The summed E-state index contributed by atoms with van der Waals surface area (Å²) in [6.45, 7) is 0.474. The number of nitrogens with one attached hydrogen (secondary N) is 1. The van der Waals surface area contributed by atoms with Gasteiger partial charge in [-0.15, -0.1) is 0 Å². The molecule has 0 atom stereocenters. The molecule has 0 aliphatic carbocycles. The van der Waals surface area contributed by atoms with Gasteiger partial charge in [0, 0.05) is 18.3 Å². The maximum absolute atomic E-state index is 11.5. The summed E-state index contributed by atoms with van der Waals surface area (Å²) in [6.07, 6.45) is 4.63. The van der Waals surface area contributed by atoms with E-state index in [0.717, 1.165) is 5.56 Å². The minimum atomic E-state index is -0.164. The summed E-state index contributed by atoms with van der Waals surface area (Å²) < 4.78 is 5.08. The first-order valence-corrected chi connectivity index (χ1v) is 5.58. The molecule has 1 aromatic carbocycles. The molecule has 1 amide bonds. The van der Waals surface area contributed by atoms with Crippen LogP contribution in [0.1, 0.15) is 11.3 Å². The number of hydrogen-bond donors (Lipinski definition) is 2. The van der Waals surface area contributed by atoms with Crippen LogP contribution in [0.5, 0.6) is 0 Å². The van der Waals surface area contributed by atoms with Crippen LogP contribution in [0.4, 0.5) is 5.69 Å². The first kappa shape index (κ1) is 12.0. The Balaban J connectivity index is 1.83. The topological polar surface area (TPSA) is 68.3 Å². The Kier molecular flexibility index (Phi) is 3.81. The molecular formula is C14H14N2O2. The first-order valence-electron chi connectivity index (χ1n) is 5.58. The molecular weight excluding hydrogens is 228 g/mol. The number of hydrogen-bond acceptors (Lipinski definition) is 3. The summed E-state index contributed by atoms with van der Waals surface area (Å²) >= 11 is 0. The van der Waals surface area contributed by atoms with Crippen molar-refractivity contribution in [3.8, 4) is 0 Å². The molecule has 18 heavy (non-hydrogen) atoms. The summed E-state index contributed by atoms with van der Waals surface area (Å²) in [4.78, 5) is 11.5. The number of nitrogens with two attached hydrogens (primary N) is 1. The fraction of sp³-hybridized carbons (Fsp3) is 0.0714. The summed E-state index contributed by atoms with van der Waals surface area (Å²) in [5.74, 6) is 0.487. The lowest BCUT2D eigenvalue weighted by Crippen LogP contribution is -2.20. The monoisotopic (exact) mass is 242 g/mol. The van der Waals surface area contributed by atoms with Crippen LogP contribution in [-0.2, 0) is 11.3 Å². The van der Waals surface area contributed by atoms with Gasteiger partial charge in [-0.2, -0.15) is 0 Å². The second kappa shape index (κ2) is 5.72. The van der Waals surface area contributed by atoms with Gasteiger partial charge in [-0.3, -0.25) is 4.79 Å². The third kappa shape index (κ3) is 3.52. The zero-order chi connectivity index (χ0) is 12.8. The molecule has 0 bridgehead atoms. The Labute approximate surface area is 105 Å². The zero-order valence-electron chi connectivity index (χ0n) is 9.80. The lowest BCUT2D eigenvalue weighted by molar-refractivity contribution is -0.116. The Morgan fingerprint density at radius 1 is 1.28 bits per heavy atom. The Morgan fingerprint density at radius 2 is 2.06 bits per heavy atom. The Hall–Kier alpha value is -2.49. The standard InChI is InChI=1S/C14H14N2O2/c15-12-5-3-11(4-6-12)10-16-14(17)8-7-13-2-1-9-18-13/h1-9H,10,15H2,(H,16,17)/b8-7+. The second-order valence-corrected chi connectivity index (χ2v) is 3.81. The molecule has 0 unspecified atom stereocenters. The predicted octanol–water partition coefficient (Wildman–Crippen LogP) is 2.19. The molecule has 3 N–H and O–H groups in total. The maximum Gasteiger partial charge on any atom is 0.244 e. The fourth-order valence-electron chi connectivity index (χ4n) is 1.43. The highest BCUT2D eigenvalue weighted by Gasteiger charge is 1.97. The van der Waals surface area contributed by atoms with E-state index >= 15 is 0 Å². The van der Waals surface area contributed by atoms with Crippen LogP contribution in [0.15, 0.2) is 53.2 Å². The molecule has 2 aromatic rings. The molecule has 0 saturated carbocycles. The van der Waals surface area contributed by atoms with Gasteiger partial charge >= 0.3 is 0 Å². The molecule has 1 aromatic heterocycles. The lowest BCUT2D eigenvalue weighted by atomic mass is 10.2. The molecule has 0 saturated heterocycles. The van der Waals surface area contributed by atoms with Crippen LogP contribution >= 0.6 is 0 Å². The lowest BCUT2D eigenvalue weighted by Gasteiger charge is -2.02. The molecule has 2 rings (SSSR count). The first-order chi connectivity index (χ1) is 8.74. The number of nitrogen functional groups attached to an aromatic ring is 1. The van der Waals surface area contributed by atoms with Crippen molar-refractivity contribution in [3.05, 3.63) is 60.1 Å². The highest BCUT2D eigenvalue weighted by atomic mass is 16.3. The normalized spacial score (nSPS) is 10.7. The largest absolute Gasteiger partial charge is 0.465 e. The number of anilines is 1. The van der Waals surface area contributed by atoms with Gasteiger partial charge in [-0.1, -0.05) is 12.1 Å². The molecule has 92 valence electrons. The highest BCUT2D eigenvalue weighted by Crippen LogP contribution is 2.05. The van der Waals surface area contributed by atoms with E-state index in [1.165, 1.54) is 6.08 Å². The summed E-state index contributed by atoms with van der Waals surface area (Å²) in [5, 5.41) is 2.77. The maximum atomic E-state index is 11.5. The van der Waals surface area contributed by atoms with Crippen molar-refractivity contribution >= 4 is 17.7 Å². The van der Waals surface area contributed by atoms with Crippen molar-refractivity contribution in [3.63, 3.8) is 0 Å². The van der Waals surface area contributed by atoms with Gasteiger partial charge in [0.05, 0.1) is 6.26 Å². The van der Waals surface area contributed by atoms with Crippen molar-refractivity contribution in [2.24, 2.45) is 0 Å². The van der Waals surface area contributed by atoms with Gasteiger partial charge in [0.2, 0.25) is 5.91 Å². The summed E-state index contributed by atoms with van der Waals surface area (Å²) in [7, 11) is 0. The zero-order valence-corrected chi connectivity index (χ0v) is 9.80. The van der Waals surface area contributed by atoms with Gasteiger partial charge in [0.25, 0.3) is 0 Å². The highest BCUT2D eigenvalue weighted by molar-refractivity contribution is 5.91. The van der Waals surface area contributed by atoms with E-state index in [9.17, 15) is 4.79 Å². The van der Waals surface area contributed by atoms with E-state index in [0.29, 0.717) is 18.0 Å². The average Bonchev–Trinajstić information content (AvgIpc) is 2.89. The van der Waals surface area contributed by atoms with Gasteiger partial charge in [-0.05, 0) is 35.9 Å². The Bertz CT molecular complexity index is 527. The minimum absolute atomic E-state index is 0.164. The molecule has 0 radical (unpaired) electrons. The van der Waals surface area contributed by atoms with E-state index < -0.39 is 0 Å². The average molecular weight is 242 g/mol. The molecule has 0 aliphatic rings.